The lowest BCUT2D eigenvalue weighted by atomic mass is 9.72. The van der Waals surface area contributed by atoms with Crippen LogP contribution in [-0.4, -0.2) is 62.0 Å². The van der Waals surface area contributed by atoms with Gasteiger partial charge in [-0.3, -0.25) is 9.59 Å². The first-order valence-corrected chi connectivity index (χ1v) is 12.7. The summed E-state index contributed by atoms with van der Waals surface area (Å²) >= 11 is 1.33. The Morgan fingerprint density at radius 2 is 1.92 bits per heavy atom. The predicted molar refractivity (Wildman–Crippen MR) is 135 cm³/mol. The summed E-state index contributed by atoms with van der Waals surface area (Å²) in [4.78, 5) is 30.5. The number of benzene rings is 2. The number of aliphatic imine (C=N–C) groups is 1. The molecule has 2 aliphatic rings. The second-order valence-corrected chi connectivity index (χ2v) is 10.3. The number of hydrogen-bond donors (Lipinski definition) is 2. The third-order valence-electron chi connectivity index (χ3n) is 6.67. The van der Waals surface area contributed by atoms with Gasteiger partial charge >= 0.3 is 0 Å². The molecule has 2 amide bonds. The van der Waals surface area contributed by atoms with Crippen molar-refractivity contribution in [1.29, 1.82) is 0 Å². The van der Waals surface area contributed by atoms with Crippen LogP contribution in [0.15, 0.2) is 53.5 Å². The Morgan fingerprint density at radius 3 is 2.59 bits per heavy atom. The Kier molecular flexibility index (Phi) is 8.58. The van der Waals surface area contributed by atoms with Gasteiger partial charge in [0.15, 0.2) is 11.5 Å². The van der Waals surface area contributed by atoms with E-state index in [4.69, 9.17) is 19.2 Å². The maximum Gasteiger partial charge on any atom is 0.257 e. The topological polar surface area (TPSA) is 98.3 Å². The molecule has 0 unspecified atom stereocenters. The molecule has 2 aromatic rings. The lowest BCUT2D eigenvalue weighted by Crippen LogP contribution is -2.56. The van der Waals surface area contributed by atoms with Crippen LogP contribution in [-0.2, 0) is 24.5 Å². The standard InChI is InChI=1S/C26H29F2N3O5S/c1-15-19-12-21(24(33)29-13-22(34-2)35-3)36-14-26(19,18-10-9-17(27)11-20(18)28)31-25(37-15)30-23(32)16-7-5-4-6-8-16/h4-11,15,19,21-22H,12-14H2,1-3H3,(H,29,33)(H,30,31,32)/t15-,19+,21-,26-/m1/s1. The number of amidine groups is 1. The Morgan fingerprint density at radius 1 is 1.19 bits per heavy atom. The number of carbonyl (C=O) groups is 2. The molecule has 2 N–H and O–H groups in total. The molecule has 0 bridgehead atoms. The van der Waals surface area contributed by atoms with Crippen molar-refractivity contribution in [2.45, 2.75) is 36.5 Å². The van der Waals surface area contributed by atoms with E-state index >= 15 is 4.39 Å². The number of hydrogen-bond acceptors (Lipinski definition) is 7. The number of rotatable bonds is 7. The minimum Gasteiger partial charge on any atom is -0.365 e. The quantitative estimate of drug-likeness (QED) is 0.531. The predicted octanol–water partition coefficient (Wildman–Crippen LogP) is 3.22. The Balaban J connectivity index is 1.64. The van der Waals surface area contributed by atoms with Crippen LogP contribution in [0.5, 0.6) is 0 Å². The lowest BCUT2D eigenvalue weighted by Gasteiger charge is -2.48. The second kappa shape index (κ2) is 11.7. The van der Waals surface area contributed by atoms with Gasteiger partial charge in [0.05, 0.1) is 13.2 Å². The maximum absolute atomic E-state index is 15.2. The molecule has 37 heavy (non-hydrogen) atoms. The molecule has 11 heteroatoms. The summed E-state index contributed by atoms with van der Waals surface area (Å²) in [6, 6.07) is 12.0. The van der Waals surface area contributed by atoms with Gasteiger partial charge in [0, 0.05) is 42.6 Å². The van der Waals surface area contributed by atoms with Crippen LogP contribution in [0.25, 0.3) is 0 Å². The Hall–Kier alpha value is -2.86. The van der Waals surface area contributed by atoms with Crippen molar-refractivity contribution in [2.75, 3.05) is 27.4 Å². The monoisotopic (exact) mass is 533 g/mol. The maximum atomic E-state index is 15.2. The van der Waals surface area contributed by atoms with Gasteiger partial charge in [0.25, 0.3) is 5.91 Å². The molecule has 1 saturated heterocycles. The summed E-state index contributed by atoms with van der Waals surface area (Å²) < 4.78 is 45.1. The Bertz CT molecular complexity index is 1160. The van der Waals surface area contributed by atoms with Crippen molar-refractivity contribution < 1.29 is 32.6 Å². The zero-order valence-electron chi connectivity index (χ0n) is 20.7. The second-order valence-electron chi connectivity index (χ2n) is 8.90. The lowest BCUT2D eigenvalue weighted by molar-refractivity contribution is -0.146. The largest absolute Gasteiger partial charge is 0.365 e. The van der Waals surface area contributed by atoms with Crippen molar-refractivity contribution >= 4 is 28.7 Å². The summed E-state index contributed by atoms with van der Waals surface area (Å²) in [6.07, 6.45) is -1.18. The first-order chi connectivity index (χ1) is 17.8. The van der Waals surface area contributed by atoms with E-state index in [-0.39, 0.29) is 48.1 Å². The number of thioether (sulfide) groups is 1. The van der Waals surface area contributed by atoms with E-state index in [1.165, 1.54) is 38.1 Å². The third-order valence-corrected chi connectivity index (χ3v) is 7.78. The summed E-state index contributed by atoms with van der Waals surface area (Å²) in [6.45, 7) is 1.93. The van der Waals surface area contributed by atoms with E-state index in [0.717, 1.165) is 6.07 Å². The zero-order chi connectivity index (χ0) is 26.6. The number of methoxy groups -OCH3 is 2. The molecule has 4 atom stereocenters. The number of fused-ring (bicyclic) bond motifs is 1. The molecule has 2 aliphatic heterocycles. The molecule has 1 fully saturated rings. The van der Waals surface area contributed by atoms with E-state index in [0.29, 0.717) is 10.7 Å². The molecule has 4 rings (SSSR count). The van der Waals surface area contributed by atoms with Gasteiger partial charge in [-0.1, -0.05) is 43.0 Å². The highest BCUT2D eigenvalue weighted by Gasteiger charge is 2.53. The highest BCUT2D eigenvalue weighted by molar-refractivity contribution is 8.14. The molecule has 2 aromatic carbocycles. The van der Waals surface area contributed by atoms with Gasteiger partial charge in [-0.05, 0) is 24.6 Å². The van der Waals surface area contributed by atoms with Crippen LogP contribution < -0.4 is 10.6 Å². The van der Waals surface area contributed by atoms with Crippen molar-refractivity contribution in [3.05, 3.63) is 71.3 Å². The minimum absolute atomic E-state index is 0.131. The molecule has 0 aromatic heterocycles. The zero-order valence-corrected chi connectivity index (χ0v) is 21.5. The van der Waals surface area contributed by atoms with Crippen LogP contribution in [0.2, 0.25) is 0 Å². The number of halogens is 2. The van der Waals surface area contributed by atoms with Crippen LogP contribution >= 0.6 is 11.8 Å². The number of nitrogens with one attached hydrogen (secondary N) is 2. The van der Waals surface area contributed by atoms with Gasteiger partial charge in [0.2, 0.25) is 5.91 Å². The molecule has 0 aliphatic carbocycles. The highest BCUT2D eigenvalue weighted by Crippen LogP contribution is 2.50. The normalized spacial score (nSPS) is 25.2. The van der Waals surface area contributed by atoms with Gasteiger partial charge in [0.1, 0.15) is 23.3 Å². The fourth-order valence-corrected chi connectivity index (χ4v) is 5.95. The summed E-state index contributed by atoms with van der Waals surface area (Å²) in [5.74, 6) is -2.53. The van der Waals surface area contributed by atoms with E-state index in [2.05, 4.69) is 10.6 Å². The smallest absolute Gasteiger partial charge is 0.257 e. The third kappa shape index (κ3) is 5.85. The molecular formula is C26H29F2N3O5S. The van der Waals surface area contributed by atoms with Gasteiger partial charge < -0.3 is 24.8 Å². The summed E-state index contributed by atoms with van der Waals surface area (Å²) in [5.41, 5.74) is -0.667. The molecule has 198 valence electrons. The van der Waals surface area contributed by atoms with Crippen LogP contribution in [0.3, 0.4) is 0 Å². The van der Waals surface area contributed by atoms with E-state index in [9.17, 15) is 14.0 Å². The van der Waals surface area contributed by atoms with Gasteiger partial charge in [-0.2, -0.15) is 0 Å². The fourth-order valence-electron chi connectivity index (χ4n) is 4.73. The molecule has 8 nitrogen and oxygen atoms in total. The van der Waals surface area contributed by atoms with Crippen LogP contribution in [0.4, 0.5) is 8.78 Å². The minimum atomic E-state index is -1.26. The van der Waals surface area contributed by atoms with Gasteiger partial charge in [-0.25, -0.2) is 13.8 Å². The van der Waals surface area contributed by atoms with Crippen LogP contribution in [0, 0.1) is 17.6 Å². The Labute approximate surface area is 218 Å². The molecule has 0 saturated carbocycles. The molecule has 2 heterocycles. The van der Waals surface area contributed by atoms with Crippen molar-refractivity contribution in [3.63, 3.8) is 0 Å². The highest BCUT2D eigenvalue weighted by atomic mass is 32.2. The average Bonchev–Trinajstić information content (AvgIpc) is 2.89. The van der Waals surface area contributed by atoms with Crippen molar-refractivity contribution in [3.8, 4) is 0 Å². The van der Waals surface area contributed by atoms with Gasteiger partial charge in [-0.15, -0.1) is 0 Å². The summed E-state index contributed by atoms with van der Waals surface area (Å²) in [5, 5.41) is 5.69. The number of ether oxygens (including phenoxy) is 3. The van der Waals surface area contributed by atoms with Crippen molar-refractivity contribution in [1.82, 2.24) is 10.6 Å². The van der Waals surface area contributed by atoms with E-state index in [1.807, 2.05) is 6.92 Å². The molecule has 0 spiro atoms. The number of carbonyl (C=O) groups excluding carboxylic acids is 2. The first-order valence-electron chi connectivity index (χ1n) is 11.8. The number of amides is 2. The molecule has 0 radical (unpaired) electrons. The van der Waals surface area contributed by atoms with E-state index < -0.39 is 29.6 Å². The number of nitrogens with zero attached hydrogens (tertiary/aromatic N) is 1. The first kappa shape index (κ1) is 27.2. The van der Waals surface area contributed by atoms with Crippen LogP contribution in [0.1, 0.15) is 29.3 Å². The molecular weight excluding hydrogens is 504 g/mol. The fraction of sp³-hybridized carbons (Fsp3) is 0.423. The van der Waals surface area contributed by atoms with E-state index in [1.54, 1.807) is 30.3 Å². The SMILES string of the molecule is COC(CNC(=O)[C@H]1C[C@H]2[C@@H](C)SC(NC(=O)c3ccccc3)=N[C@@]2(c2ccc(F)cc2F)CO1)OC. The van der Waals surface area contributed by atoms with Crippen molar-refractivity contribution in [2.24, 2.45) is 10.9 Å². The summed E-state index contributed by atoms with van der Waals surface area (Å²) in [7, 11) is 2.94. The average molecular weight is 534 g/mol.